The van der Waals surface area contributed by atoms with E-state index in [1.54, 1.807) is 0 Å². The van der Waals surface area contributed by atoms with Crippen molar-refractivity contribution in [3.63, 3.8) is 0 Å². The largest absolute Gasteiger partial charge is 0.354 e. The van der Waals surface area contributed by atoms with Gasteiger partial charge in [0.05, 0.1) is 0 Å². The minimum Gasteiger partial charge on any atom is -0.354 e. The fourth-order valence-corrected chi connectivity index (χ4v) is 12.2. The molecule has 0 aliphatic carbocycles. The summed E-state index contributed by atoms with van der Waals surface area (Å²) in [5.74, 6) is 0. The predicted molar refractivity (Wildman–Crippen MR) is 311 cm³/mol. The van der Waals surface area contributed by atoms with Crippen LogP contribution in [0, 0.1) is 13.8 Å². The Balaban J connectivity index is 0.794. The Morgan fingerprint density at radius 2 is 0.366 bits per heavy atom. The van der Waals surface area contributed by atoms with Gasteiger partial charge in [0.1, 0.15) is 0 Å². The lowest BCUT2D eigenvalue weighted by Crippen LogP contribution is -1.98. The second-order valence-electron chi connectivity index (χ2n) is 20.5. The molecule has 0 saturated carbocycles. The molecule has 0 aliphatic heterocycles. The topological polar surface area (TPSA) is 12.0 Å². The highest BCUT2D eigenvalue weighted by molar-refractivity contribution is 6.17. The van der Waals surface area contributed by atoms with Crippen LogP contribution in [-0.4, -0.2) is 0 Å². The van der Waals surface area contributed by atoms with Gasteiger partial charge in [0.2, 0.25) is 0 Å². The SMILES string of the molecule is Cc1ccc2cc3cc4cc5cc6cc7cc8ccccc8cc7cc6cc5cc4cc3cc2c1Nc1c(C)ccc2cc3cc4cc5cc6cc7cc8ccccc8cc7cc6cc5cc4cc3cc12. The molecule has 0 heterocycles. The van der Waals surface area contributed by atoms with Crippen molar-refractivity contribution in [2.24, 2.45) is 0 Å². The van der Waals surface area contributed by atoms with Crippen molar-refractivity contribution in [3.8, 4) is 0 Å². The molecule has 0 atom stereocenters. The van der Waals surface area contributed by atoms with Crippen LogP contribution in [0.4, 0.5) is 11.4 Å². The lowest BCUT2D eigenvalue weighted by Gasteiger charge is -2.18. The van der Waals surface area contributed by atoms with Gasteiger partial charge in [-0.1, -0.05) is 72.8 Å². The lowest BCUT2D eigenvalue weighted by atomic mass is 9.93. The van der Waals surface area contributed by atoms with Crippen LogP contribution in [0.3, 0.4) is 0 Å². The molecule has 0 amide bonds. The standard InChI is InChI=1S/C70H43N/c1-39-11-13-45-19-51-25-57-31-59-27-53-21-47-15-41-7-3-5-9-43(41)17-49(47)23-55(53)29-61(59)33-63(57)35-65(51)37-67(45)69(39)71-70-40(2)12-14-46-20-52-26-58-32-60-28-54-22-48-16-42-8-4-6-10-44(42)18-50(48)24-56(54)30-62(60)34-64(58)36-66(52)38-68(46)70/h3-38,71H,1-2H3. The number of hydrogen-bond donors (Lipinski definition) is 1. The molecule has 0 unspecified atom stereocenters. The molecule has 1 nitrogen and oxygen atoms in total. The van der Waals surface area contributed by atoms with Crippen LogP contribution >= 0.6 is 0 Å². The zero-order chi connectivity index (χ0) is 46.6. The van der Waals surface area contributed by atoms with Crippen molar-refractivity contribution in [2.75, 3.05) is 5.32 Å². The summed E-state index contributed by atoms with van der Waals surface area (Å²) in [5, 5.41) is 39.4. The first kappa shape index (κ1) is 38.9. The van der Waals surface area contributed by atoms with E-state index in [1.165, 1.54) is 162 Å². The van der Waals surface area contributed by atoms with E-state index in [0.29, 0.717) is 0 Å². The third-order valence-corrected chi connectivity index (χ3v) is 16.0. The molecule has 16 rings (SSSR count). The van der Waals surface area contributed by atoms with Gasteiger partial charge in [-0.25, -0.2) is 0 Å². The van der Waals surface area contributed by atoms with Crippen molar-refractivity contribution in [3.05, 3.63) is 230 Å². The molecule has 16 aromatic carbocycles. The van der Waals surface area contributed by atoms with E-state index in [4.69, 9.17) is 0 Å². The van der Waals surface area contributed by atoms with Gasteiger partial charge in [-0.2, -0.15) is 0 Å². The molecule has 0 fully saturated rings. The van der Waals surface area contributed by atoms with Gasteiger partial charge in [0, 0.05) is 22.1 Å². The monoisotopic (exact) mass is 897 g/mol. The third kappa shape index (κ3) is 6.06. The summed E-state index contributed by atoms with van der Waals surface area (Å²) in [5.41, 5.74) is 4.76. The Morgan fingerprint density at radius 3 is 0.592 bits per heavy atom. The van der Waals surface area contributed by atoms with Crippen molar-refractivity contribution < 1.29 is 0 Å². The quantitative estimate of drug-likeness (QED) is 0.171. The van der Waals surface area contributed by atoms with E-state index < -0.39 is 0 Å². The first-order valence-corrected chi connectivity index (χ1v) is 24.8. The van der Waals surface area contributed by atoms with Crippen LogP contribution in [0.2, 0.25) is 0 Å². The van der Waals surface area contributed by atoms with Crippen molar-refractivity contribution in [1.82, 2.24) is 0 Å². The first-order chi connectivity index (χ1) is 34.8. The van der Waals surface area contributed by atoms with Crippen LogP contribution < -0.4 is 5.32 Å². The third-order valence-electron chi connectivity index (χ3n) is 16.0. The van der Waals surface area contributed by atoms with E-state index >= 15 is 0 Å². The predicted octanol–water partition coefficient (Wildman–Crippen LogP) is 20.2. The second kappa shape index (κ2) is 14.3. The van der Waals surface area contributed by atoms with E-state index in [0.717, 1.165) is 11.4 Å². The number of nitrogens with one attached hydrogen (secondary N) is 1. The van der Waals surface area contributed by atoms with Gasteiger partial charge in [0.25, 0.3) is 0 Å². The van der Waals surface area contributed by atoms with Crippen LogP contribution in [0.5, 0.6) is 0 Å². The van der Waals surface area contributed by atoms with Crippen LogP contribution in [0.25, 0.3) is 151 Å². The Bertz CT molecular complexity index is 4780. The van der Waals surface area contributed by atoms with Gasteiger partial charge in [0.15, 0.2) is 0 Å². The molecule has 0 spiro atoms. The van der Waals surface area contributed by atoms with Crippen LogP contribution in [0.1, 0.15) is 11.1 Å². The summed E-state index contributed by atoms with van der Waals surface area (Å²) < 4.78 is 0. The van der Waals surface area contributed by atoms with E-state index in [9.17, 15) is 0 Å². The number of aryl methyl sites for hydroxylation is 2. The average molecular weight is 898 g/mol. The van der Waals surface area contributed by atoms with Gasteiger partial charge in [-0.3, -0.25) is 0 Å². The highest BCUT2D eigenvalue weighted by Gasteiger charge is 2.15. The summed E-state index contributed by atoms with van der Waals surface area (Å²) in [6.07, 6.45) is 0. The summed E-state index contributed by atoms with van der Waals surface area (Å²) >= 11 is 0. The number of fused-ring (bicyclic) bond motifs is 14. The normalized spacial score (nSPS) is 12.4. The Labute approximate surface area is 408 Å². The summed E-state index contributed by atoms with van der Waals surface area (Å²) in [6.45, 7) is 4.46. The van der Waals surface area contributed by atoms with E-state index in [-0.39, 0.29) is 0 Å². The lowest BCUT2D eigenvalue weighted by molar-refractivity contribution is 1.43. The number of rotatable bonds is 2. The minimum atomic E-state index is 1.16. The maximum Gasteiger partial charge on any atom is 0.0494 e. The highest BCUT2D eigenvalue weighted by atomic mass is 14.9. The zero-order valence-electron chi connectivity index (χ0n) is 39.3. The van der Waals surface area contributed by atoms with E-state index in [1.807, 2.05) is 0 Å². The summed E-state index contributed by atoms with van der Waals surface area (Å²) in [7, 11) is 0. The number of hydrogen-bond acceptors (Lipinski definition) is 1. The van der Waals surface area contributed by atoms with Gasteiger partial charge in [-0.15, -0.1) is 0 Å². The van der Waals surface area contributed by atoms with Crippen molar-refractivity contribution in [1.29, 1.82) is 0 Å². The maximum absolute atomic E-state index is 4.06. The number of benzene rings is 16. The molecule has 1 N–H and O–H groups in total. The Hall–Kier alpha value is -9.04. The first-order valence-electron chi connectivity index (χ1n) is 24.8. The van der Waals surface area contributed by atoms with Crippen LogP contribution in [-0.2, 0) is 0 Å². The molecule has 328 valence electrons. The molecule has 1 heteroatoms. The average Bonchev–Trinajstić information content (AvgIpc) is 3.37. The fraction of sp³-hybridized carbons (Fsp3) is 0.0286. The smallest absolute Gasteiger partial charge is 0.0494 e. The molecule has 71 heavy (non-hydrogen) atoms. The second-order valence-corrected chi connectivity index (χ2v) is 20.5. The maximum atomic E-state index is 4.06. The summed E-state index contributed by atoms with van der Waals surface area (Å²) in [4.78, 5) is 0. The molecule has 0 radical (unpaired) electrons. The molecule has 16 aromatic rings. The molecule has 0 aliphatic rings. The van der Waals surface area contributed by atoms with Gasteiger partial charge in [-0.05, 0) is 311 Å². The molecular weight excluding hydrogens is 855 g/mol. The zero-order valence-corrected chi connectivity index (χ0v) is 39.3. The highest BCUT2D eigenvalue weighted by Crippen LogP contribution is 2.41. The molecule has 0 bridgehead atoms. The van der Waals surface area contributed by atoms with Gasteiger partial charge >= 0.3 is 0 Å². The molecule has 0 aromatic heterocycles. The van der Waals surface area contributed by atoms with Crippen molar-refractivity contribution in [2.45, 2.75) is 13.8 Å². The van der Waals surface area contributed by atoms with Gasteiger partial charge < -0.3 is 5.32 Å². The fourth-order valence-electron chi connectivity index (χ4n) is 12.2. The summed E-state index contributed by atoms with van der Waals surface area (Å²) in [6, 6.07) is 83.2. The molecule has 0 saturated heterocycles. The van der Waals surface area contributed by atoms with E-state index in [2.05, 4.69) is 238 Å². The van der Waals surface area contributed by atoms with Crippen molar-refractivity contribution >= 4 is 162 Å². The minimum absolute atomic E-state index is 1.16. The molecular formula is C70H43N. The number of anilines is 2. The Morgan fingerprint density at radius 1 is 0.183 bits per heavy atom. The Kier molecular flexibility index (Phi) is 7.81. The van der Waals surface area contributed by atoms with Crippen LogP contribution in [0.15, 0.2) is 218 Å².